The predicted octanol–water partition coefficient (Wildman–Crippen LogP) is 3.59. The van der Waals surface area contributed by atoms with E-state index in [9.17, 15) is 13.2 Å². The highest BCUT2D eigenvalue weighted by Gasteiger charge is 2.31. The summed E-state index contributed by atoms with van der Waals surface area (Å²) in [4.78, 5) is 13.2. The van der Waals surface area contributed by atoms with E-state index in [1.54, 1.807) is 22.8 Å². The van der Waals surface area contributed by atoms with Crippen molar-refractivity contribution in [1.82, 2.24) is 18.7 Å². The second kappa shape index (κ2) is 8.47. The van der Waals surface area contributed by atoms with Gasteiger partial charge in [0.15, 0.2) is 0 Å². The molecular weight excluding hydrogens is 467 g/mol. The zero-order valence-electron chi connectivity index (χ0n) is 16.2. The lowest BCUT2D eigenvalue weighted by Gasteiger charge is -2.30. The molecule has 7 nitrogen and oxygen atoms in total. The fourth-order valence-electron chi connectivity index (χ4n) is 3.66. The summed E-state index contributed by atoms with van der Waals surface area (Å²) in [5, 5.41) is 8.14. The van der Waals surface area contributed by atoms with Gasteiger partial charge in [-0.3, -0.25) is 0 Å². The number of nitrogens with zero attached hydrogens (tertiary/aromatic N) is 4. The number of hydrogen-bond donors (Lipinski definition) is 0. The van der Waals surface area contributed by atoms with E-state index in [-0.39, 0.29) is 18.2 Å². The molecule has 4 rings (SSSR count). The van der Waals surface area contributed by atoms with Gasteiger partial charge in [-0.25, -0.2) is 26.8 Å². The first-order valence-corrected chi connectivity index (χ1v) is 12.8. The van der Waals surface area contributed by atoms with Crippen LogP contribution in [0, 0.1) is 0 Å². The van der Waals surface area contributed by atoms with E-state index >= 15 is 0 Å². The highest BCUT2D eigenvalue weighted by atomic mass is 35.5. The van der Waals surface area contributed by atoms with Crippen LogP contribution in [0.25, 0.3) is 5.00 Å². The summed E-state index contributed by atoms with van der Waals surface area (Å²) >= 11 is 13.5. The van der Waals surface area contributed by atoms with Crippen LogP contribution in [0.4, 0.5) is 0 Å². The van der Waals surface area contributed by atoms with Gasteiger partial charge in [-0.2, -0.15) is 5.10 Å². The highest BCUT2D eigenvalue weighted by molar-refractivity contribution is 7.88. The van der Waals surface area contributed by atoms with Gasteiger partial charge in [0.2, 0.25) is 10.0 Å². The fourth-order valence-corrected chi connectivity index (χ4v) is 5.62. The molecule has 3 heterocycles. The second-order valence-corrected chi connectivity index (χ2v) is 11.0. The van der Waals surface area contributed by atoms with Crippen molar-refractivity contribution in [2.75, 3.05) is 19.3 Å². The third-order valence-electron chi connectivity index (χ3n) is 5.13. The molecule has 1 saturated heterocycles. The van der Waals surface area contributed by atoms with E-state index in [1.165, 1.54) is 26.6 Å². The SMILES string of the molecule is CS(=O)(=O)N1CCCC(c2nn(Cc3ccc(Cl)c(Cl)c3)c(=O)n2-c2cccs2)C1. The fraction of sp³-hybridized carbons (Fsp3) is 0.368. The molecule has 1 unspecified atom stereocenters. The Bertz CT molecular complexity index is 1220. The van der Waals surface area contributed by atoms with Gasteiger partial charge in [0, 0.05) is 19.0 Å². The third-order valence-corrected chi connectivity index (χ3v) is 7.99. The maximum Gasteiger partial charge on any atom is 0.351 e. The molecule has 0 saturated carbocycles. The van der Waals surface area contributed by atoms with Crippen LogP contribution in [0.5, 0.6) is 0 Å². The van der Waals surface area contributed by atoms with Gasteiger partial charge in [0.25, 0.3) is 0 Å². The minimum atomic E-state index is -3.31. The van der Waals surface area contributed by atoms with E-state index in [2.05, 4.69) is 5.10 Å². The topological polar surface area (TPSA) is 77.2 Å². The van der Waals surface area contributed by atoms with Gasteiger partial charge in [0.05, 0.1) is 22.8 Å². The smallest absolute Gasteiger partial charge is 0.246 e. The van der Waals surface area contributed by atoms with E-state index in [4.69, 9.17) is 23.2 Å². The Morgan fingerprint density at radius 1 is 1.23 bits per heavy atom. The molecule has 1 aromatic carbocycles. The predicted molar refractivity (Wildman–Crippen MR) is 120 cm³/mol. The molecule has 0 N–H and O–H groups in total. The summed E-state index contributed by atoms with van der Waals surface area (Å²) in [5.74, 6) is 0.411. The lowest BCUT2D eigenvalue weighted by molar-refractivity contribution is 0.308. The lowest BCUT2D eigenvalue weighted by atomic mass is 9.99. The van der Waals surface area contributed by atoms with E-state index in [0.717, 1.165) is 23.4 Å². The highest BCUT2D eigenvalue weighted by Crippen LogP contribution is 2.29. The summed E-state index contributed by atoms with van der Waals surface area (Å²) < 4.78 is 28.6. The number of piperidine rings is 1. The van der Waals surface area contributed by atoms with E-state index in [0.29, 0.717) is 29.0 Å². The molecule has 0 radical (unpaired) electrons. The molecule has 1 aliphatic rings. The zero-order chi connectivity index (χ0) is 21.5. The quantitative estimate of drug-likeness (QED) is 0.551. The number of benzene rings is 1. The molecule has 1 atom stereocenters. The molecule has 2 aromatic heterocycles. The number of hydrogen-bond acceptors (Lipinski definition) is 5. The average Bonchev–Trinajstić information content (AvgIpc) is 3.33. The molecular formula is C19H20Cl2N4O3S2. The van der Waals surface area contributed by atoms with Crippen molar-refractivity contribution < 1.29 is 8.42 Å². The van der Waals surface area contributed by atoms with Crippen molar-refractivity contribution in [1.29, 1.82) is 0 Å². The molecule has 3 aromatic rings. The Morgan fingerprint density at radius 2 is 2.03 bits per heavy atom. The van der Waals surface area contributed by atoms with Crippen molar-refractivity contribution in [2.24, 2.45) is 0 Å². The first kappa shape index (κ1) is 21.6. The van der Waals surface area contributed by atoms with Crippen LogP contribution in [-0.4, -0.2) is 46.4 Å². The number of aromatic nitrogens is 3. The third kappa shape index (κ3) is 4.36. The molecule has 0 spiro atoms. The molecule has 1 aliphatic heterocycles. The van der Waals surface area contributed by atoms with E-state index in [1.807, 2.05) is 17.5 Å². The second-order valence-electron chi connectivity index (χ2n) is 7.29. The summed E-state index contributed by atoms with van der Waals surface area (Å²) in [6.07, 6.45) is 2.70. The maximum absolute atomic E-state index is 13.2. The molecule has 0 amide bonds. The molecule has 0 aliphatic carbocycles. The van der Waals surface area contributed by atoms with Crippen LogP contribution >= 0.6 is 34.5 Å². The van der Waals surface area contributed by atoms with Crippen LogP contribution in [0.15, 0.2) is 40.5 Å². The molecule has 0 bridgehead atoms. The minimum Gasteiger partial charge on any atom is -0.246 e. The Balaban J connectivity index is 1.75. The van der Waals surface area contributed by atoms with E-state index < -0.39 is 10.0 Å². The van der Waals surface area contributed by atoms with Gasteiger partial charge in [-0.05, 0) is 48.1 Å². The van der Waals surface area contributed by atoms with Gasteiger partial charge >= 0.3 is 5.69 Å². The van der Waals surface area contributed by atoms with Gasteiger partial charge in [0.1, 0.15) is 10.8 Å². The zero-order valence-corrected chi connectivity index (χ0v) is 19.3. The maximum atomic E-state index is 13.2. The van der Waals surface area contributed by atoms with Crippen molar-refractivity contribution in [2.45, 2.75) is 25.3 Å². The molecule has 1 fully saturated rings. The Labute approximate surface area is 188 Å². The first-order chi connectivity index (χ1) is 14.2. The minimum absolute atomic E-state index is 0.168. The molecule has 30 heavy (non-hydrogen) atoms. The van der Waals surface area contributed by atoms with Gasteiger partial charge in [-0.15, -0.1) is 11.3 Å². The Morgan fingerprint density at radius 3 is 2.70 bits per heavy atom. The van der Waals surface area contributed by atoms with Crippen LogP contribution in [-0.2, 0) is 16.6 Å². The number of sulfonamides is 1. The van der Waals surface area contributed by atoms with Crippen LogP contribution in [0.1, 0.15) is 30.1 Å². The normalized spacial score (nSPS) is 18.0. The summed E-state index contributed by atoms with van der Waals surface area (Å²) in [7, 11) is -3.31. The van der Waals surface area contributed by atoms with Gasteiger partial charge < -0.3 is 0 Å². The Hall–Kier alpha value is -1.65. The summed E-state index contributed by atoms with van der Waals surface area (Å²) in [6.45, 7) is 1.04. The summed E-state index contributed by atoms with van der Waals surface area (Å²) in [5.41, 5.74) is 0.533. The molecule has 11 heteroatoms. The summed E-state index contributed by atoms with van der Waals surface area (Å²) in [6, 6.07) is 8.93. The van der Waals surface area contributed by atoms with Crippen LogP contribution in [0.2, 0.25) is 10.0 Å². The van der Waals surface area contributed by atoms with Crippen LogP contribution < -0.4 is 5.69 Å². The van der Waals surface area contributed by atoms with Crippen molar-refractivity contribution in [3.8, 4) is 5.00 Å². The number of halogens is 2. The molecule has 160 valence electrons. The number of thiophene rings is 1. The standard InChI is InChI=1S/C19H20Cl2N4O3S2/c1-30(27,28)23-8-2-4-14(12-23)18-22-24(11-13-6-7-15(20)16(21)10-13)19(26)25(18)17-5-3-9-29-17/h3,5-7,9-10,14H,2,4,8,11-12H2,1H3. The lowest BCUT2D eigenvalue weighted by Crippen LogP contribution is -2.39. The van der Waals surface area contributed by atoms with Crippen molar-refractivity contribution >= 4 is 44.6 Å². The van der Waals surface area contributed by atoms with Gasteiger partial charge in [-0.1, -0.05) is 29.3 Å². The van der Waals surface area contributed by atoms with Crippen molar-refractivity contribution in [3.05, 3.63) is 67.6 Å². The first-order valence-electron chi connectivity index (χ1n) is 9.36. The van der Waals surface area contributed by atoms with Crippen molar-refractivity contribution in [3.63, 3.8) is 0 Å². The largest absolute Gasteiger partial charge is 0.351 e. The van der Waals surface area contributed by atoms with Crippen LogP contribution in [0.3, 0.4) is 0 Å². The monoisotopic (exact) mass is 486 g/mol. The Kier molecular flexibility index (Phi) is 6.09. The number of rotatable bonds is 5. The average molecular weight is 487 g/mol.